The molecule has 2 atom stereocenters. The molecule has 2 aliphatic rings. The van der Waals surface area contributed by atoms with Crippen molar-refractivity contribution in [3.05, 3.63) is 22.8 Å². The van der Waals surface area contributed by atoms with E-state index in [0.29, 0.717) is 36.1 Å². The van der Waals surface area contributed by atoms with Gasteiger partial charge in [-0.2, -0.15) is 0 Å². The summed E-state index contributed by atoms with van der Waals surface area (Å²) in [5.74, 6) is 0.778. The third-order valence-electron chi connectivity index (χ3n) is 6.60. The molecule has 136 valence electrons. The molecule has 3 rings (SSSR count). The Kier molecular flexibility index (Phi) is 4.01. The molecule has 0 amide bonds. The molecule has 1 aromatic rings. The first-order valence-electron chi connectivity index (χ1n) is 9.06. The van der Waals surface area contributed by atoms with E-state index in [1.807, 2.05) is 33.8 Å². The van der Waals surface area contributed by atoms with Crippen LogP contribution >= 0.6 is 0 Å². The molecule has 25 heavy (non-hydrogen) atoms. The zero-order valence-corrected chi connectivity index (χ0v) is 16.0. The third kappa shape index (κ3) is 2.33. The van der Waals surface area contributed by atoms with Gasteiger partial charge in [-0.15, -0.1) is 0 Å². The predicted molar refractivity (Wildman–Crippen MR) is 96.6 cm³/mol. The number of carbonyl (C=O) groups excluding carboxylic acids is 2. The Labute approximate surface area is 149 Å². The first-order valence-corrected chi connectivity index (χ1v) is 9.06. The number of Topliss-reactive ketones (excluding diaryl/α,β-unsaturated/α-hetero) is 2. The van der Waals surface area contributed by atoms with Gasteiger partial charge in [0.15, 0.2) is 17.3 Å². The molecule has 0 saturated heterocycles. The molecule has 1 saturated carbocycles. The van der Waals surface area contributed by atoms with Gasteiger partial charge in [0.2, 0.25) is 0 Å². The lowest BCUT2D eigenvalue weighted by molar-refractivity contribution is -0.136. The van der Waals surface area contributed by atoms with Gasteiger partial charge in [-0.3, -0.25) is 9.59 Å². The first-order chi connectivity index (χ1) is 11.6. The topological polar surface area (TPSA) is 63.6 Å². The van der Waals surface area contributed by atoms with Gasteiger partial charge in [0.25, 0.3) is 0 Å². The van der Waals surface area contributed by atoms with Crippen LogP contribution in [-0.2, 0) is 10.2 Å². The van der Waals surface area contributed by atoms with Gasteiger partial charge in [-0.1, -0.05) is 34.6 Å². The van der Waals surface area contributed by atoms with E-state index in [9.17, 15) is 14.7 Å². The summed E-state index contributed by atoms with van der Waals surface area (Å²) in [5.41, 5.74) is 1.14. The number of carbonyl (C=O) groups is 2. The van der Waals surface area contributed by atoms with Crippen LogP contribution in [0.15, 0.2) is 6.07 Å². The van der Waals surface area contributed by atoms with Crippen LogP contribution in [0.4, 0.5) is 0 Å². The SMILES string of the molecule is COc1c(C(C)C)cc2c(c1O)[C@@]1(C)CCC(=O)C(C)(C)[C@H]1CC2=O. The van der Waals surface area contributed by atoms with Gasteiger partial charge in [0.05, 0.1) is 7.11 Å². The van der Waals surface area contributed by atoms with Crippen molar-refractivity contribution in [3.63, 3.8) is 0 Å². The van der Waals surface area contributed by atoms with Gasteiger partial charge < -0.3 is 9.84 Å². The minimum atomic E-state index is -0.573. The lowest BCUT2D eigenvalue weighted by Crippen LogP contribution is -2.53. The zero-order valence-electron chi connectivity index (χ0n) is 16.0. The van der Waals surface area contributed by atoms with Crippen LogP contribution in [0.1, 0.15) is 81.3 Å². The number of phenolic OH excluding ortho intramolecular Hbond substituents is 1. The molecule has 4 heteroatoms. The molecular weight excluding hydrogens is 316 g/mol. The summed E-state index contributed by atoms with van der Waals surface area (Å²) >= 11 is 0. The molecule has 0 aromatic heterocycles. The summed E-state index contributed by atoms with van der Waals surface area (Å²) in [4.78, 5) is 25.4. The summed E-state index contributed by atoms with van der Waals surface area (Å²) in [6, 6.07) is 1.89. The normalized spacial score (nSPS) is 27.9. The van der Waals surface area contributed by atoms with E-state index in [1.165, 1.54) is 0 Å². The monoisotopic (exact) mass is 344 g/mol. The number of benzene rings is 1. The Morgan fingerprint density at radius 1 is 1.24 bits per heavy atom. The van der Waals surface area contributed by atoms with E-state index >= 15 is 0 Å². The highest BCUT2D eigenvalue weighted by Crippen LogP contribution is 2.59. The fraction of sp³-hybridized carbons (Fsp3) is 0.619. The van der Waals surface area contributed by atoms with Crippen molar-refractivity contribution in [2.45, 2.75) is 65.2 Å². The van der Waals surface area contributed by atoms with Crippen molar-refractivity contribution < 1.29 is 19.4 Å². The van der Waals surface area contributed by atoms with Crippen molar-refractivity contribution in [2.24, 2.45) is 11.3 Å². The van der Waals surface area contributed by atoms with E-state index in [-0.39, 0.29) is 29.2 Å². The molecule has 0 bridgehead atoms. The number of hydrogen-bond acceptors (Lipinski definition) is 4. The van der Waals surface area contributed by atoms with Crippen LogP contribution in [0.3, 0.4) is 0 Å². The van der Waals surface area contributed by atoms with Crippen molar-refractivity contribution in [3.8, 4) is 11.5 Å². The molecule has 1 fully saturated rings. The standard InChI is InChI=1S/C21H28O4/c1-11(2)12-9-13-14(22)10-15-20(3,4)16(23)7-8-21(15,5)17(13)18(24)19(12)25-6/h9,11,15,24H,7-8,10H2,1-6H3/t15-,21+/m1/s1. The number of aromatic hydroxyl groups is 1. The van der Waals surface area contributed by atoms with Crippen molar-refractivity contribution >= 4 is 11.6 Å². The number of phenols is 1. The predicted octanol–water partition coefficient (Wildman–Crippen LogP) is 4.37. The Morgan fingerprint density at radius 2 is 1.88 bits per heavy atom. The van der Waals surface area contributed by atoms with Crippen molar-refractivity contribution in [1.29, 1.82) is 0 Å². The van der Waals surface area contributed by atoms with Gasteiger partial charge in [-0.25, -0.2) is 0 Å². The van der Waals surface area contributed by atoms with Crippen molar-refractivity contribution in [2.75, 3.05) is 7.11 Å². The second kappa shape index (κ2) is 5.58. The summed E-state index contributed by atoms with van der Waals surface area (Å²) in [7, 11) is 1.55. The second-order valence-corrected chi connectivity index (χ2v) is 8.67. The van der Waals surface area contributed by atoms with Gasteiger partial charge in [0, 0.05) is 40.4 Å². The molecule has 4 nitrogen and oxygen atoms in total. The van der Waals surface area contributed by atoms with E-state index in [0.717, 1.165) is 5.56 Å². The van der Waals surface area contributed by atoms with Crippen LogP contribution in [-0.4, -0.2) is 23.8 Å². The molecule has 1 N–H and O–H groups in total. The molecule has 0 aliphatic heterocycles. The lowest BCUT2D eigenvalue weighted by atomic mass is 9.49. The highest BCUT2D eigenvalue weighted by Gasteiger charge is 2.56. The van der Waals surface area contributed by atoms with E-state index < -0.39 is 10.8 Å². The fourth-order valence-electron chi connectivity index (χ4n) is 5.05. The van der Waals surface area contributed by atoms with Gasteiger partial charge in [-0.05, 0) is 24.3 Å². The zero-order chi connectivity index (χ0) is 18.7. The van der Waals surface area contributed by atoms with Crippen LogP contribution in [0.5, 0.6) is 11.5 Å². The Balaban J connectivity index is 2.31. The number of ether oxygens (including phenoxy) is 1. The van der Waals surface area contributed by atoms with Crippen LogP contribution in [0.25, 0.3) is 0 Å². The summed E-state index contributed by atoms with van der Waals surface area (Å²) in [5, 5.41) is 11.1. The maximum atomic E-state index is 12.9. The fourth-order valence-corrected chi connectivity index (χ4v) is 5.05. The van der Waals surface area contributed by atoms with Crippen LogP contribution in [0.2, 0.25) is 0 Å². The second-order valence-electron chi connectivity index (χ2n) is 8.67. The number of fused-ring (bicyclic) bond motifs is 3. The smallest absolute Gasteiger partial charge is 0.164 e. The quantitative estimate of drug-likeness (QED) is 0.865. The summed E-state index contributed by atoms with van der Waals surface area (Å²) < 4.78 is 5.51. The summed E-state index contributed by atoms with van der Waals surface area (Å²) in [6.45, 7) is 10.00. The lowest BCUT2D eigenvalue weighted by Gasteiger charge is -2.52. The maximum Gasteiger partial charge on any atom is 0.164 e. The van der Waals surface area contributed by atoms with E-state index in [4.69, 9.17) is 4.74 Å². The van der Waals surface area contributed by atoms with E-state index in [2.05, 4.69) is 6.92 Å². The number of ketones is 2. The maximum absolute atomic E-state index is 12.9. The highest BCUT2D eigenvalue weighted by molar-refractivity contribution is 6.02. The first kappa shape index (κ1) is 18.0. The number of hydrogen-bond donors (Lipinski definition) is 1. The Bertz CT molecular complexity index is 760. The van der Waals surface area contributed by atoms with Gasteiger partial charge in [0.1, 0.15) is 5.78 Å². The number of rotatable bonds is 2. The minimum absolute atomic E-state index is 0.0140. The average molecular weight is 344 g/mol. The highest BCUT2D eigenvalue weighted by atomic mass is 16.5. The van der Waals surface area contributed by atoms with Gasteiger partial charge >= 0.3 is 0 Å². The number of methoxy groups -OCH3 is 1. The molecule has 0 radical (unpaired) electrons. The largest absolute Gasteiger partial charge is 0.504 e. The minimum Gasteiger partial charge on any atom is -0.504 e. The molecule has 0 heterocycles. The summed E-state index contributed by atoms with van der Waals surface area (Å²) in [6.07, 6.45) is 1.48. The molecule has 2 aliphatic carbocycles. The Morgan fingerprint density at radius 3 is 2.44 bits per heavy atom. The molecule has 0 spiro atoms. The molecule has 1 aromatic carbocycles. The average Bonchev–Trinajstić information content (AvgIpc) is 2.53. The van der Waals surface area contributed by atoms with Crippen LogP contribution in [0, 0.1) is 11.3 Å². The molecular formula is C21H28O4. The third-order valence-corrected chi connectivity index (χ3v) is 6.60. The van der Waals surface area contributed by atoms with Crippen LogP contribution < -0.4 is 4.74 Å². The Hall–Kier alpha value is -1.84. The molecule has 0 unspecified atom stereocenters. The van der Waals surface area contributed by atoms with Crippen molar-refractivity contribution in [1.82, 2.24) is 0 Å². The van der Waals surface area contributed by atoms with E-state index in [1.54, 1.807) is 7.11 Å².